The highest BCUT2D eigenvalue weighted by Gasteiger charge is 2.12. The largest absolute Gasteiger partial charge is 0.469 e. The summed E-state index contributed by atoms with van der Waals surface area (Å²) >= 11 is 0. The van der Waals surface area contributed by atoms with Crippen LogP contribution in [0.2, 0.25) is 0 Å². The SMILES string of the molecule is Cc1occc1C(=O)Nc1ccc(-c2ccccc2)nn1. The van der Waals surface area contributed by atoms with E-state index in [1.165, 1.54) is 6.26 Å². The van der Waals surface area contributed by atoms with Crippen LogP contribution < -0.4 is 5.32 Å². The Morgan fingerprint density at radius 1 is 1.05 bits per heavy atom. The molecule has 0 bridgehead atoms. The van der Waals surface area contributed by atoms with Crippen LogP contribution in [-0.4, -0.2) is 16.1 Å². The lowest BCUT2D eigenvalue weighted by atomic mass is 10.1. The van der Waals surface area contributed by atoms with Crippen molar-refractivity contribution in [2.75, 3.05) is 5.32 Å². The van der Waals surface area contributed by atoms with E-state index in [2.05, 4.69) is 15.5 Å². The molecule has 5 heteroatoms. The first-order valence-corrected chi connectivity index (χ1v) is 6.48. The molecule has 1 N–H and O–H groups in total. The van der Waals surface area contributed by atoms with Gasteiger partial charge in [-0.05, 0) is 25.1 Å². The van der Waals surface area contributed by atoms with E-state index in [0.717, 1.165) is 11.3 Å². The van der Waals surface area contributed by atoms with E-state index in [-0.39, 0.29) is 5.91 Å². The van der Waals surface area contributed by atoms with E-state index in [9.17, 15) is 4.79 Å². The first kappa shape index (κ1) is 13.1. The van der Waals surface area contributed by atoms with Gasteiger partial charge in [-0.2, -0.15) is 0 Å². The molecule has 0 aliphatic rings. The third-order valence-electron chi connectivity index (χ3n) is 3.08. The molecule has 0 radical (unpaired) electrons. The molecule has 0 fully saturated rings. The normalized spacial score (nSPS) is 10.3. The average Bonchev–Trinajstić information content (AvgIpc) is 2.95. The van der Waals surface area contributed by atoms with Gasteiger partial charge in [0.2, 0.25) is 0 Å². The highest BCUT2D eigenvalue weighted by atomic mass is 16.3. The minimum Gasteiger partial charge on any atom is -0.469 e. The number of nitrogens with zero attached hydrogens (tertiary/aromatic N) is 2. The molecule has 0 saturated heterocycles. The molecule has 0 spiro atoms. The van der Waals surface area contributed by atoms with Crippen LogP contribution in [0.15, 0.2) is 59.2 Å². The maximum Gasteiger partial charge on any atom is 0.260 e. The van der Waals surface area contributed by atoms with Gasteiger partial charge >= 0.3 is 0 Å². The van der Waals surface area contributed by atoms with Gasteiger partial charge in [0.15, 0.2) is 5.82 Å². The number of carbonyl (C=O) groups excluding carboxylic acids is 1. The van der Waals surface area contributed by atoms with Gasteiger partial charge < -0.3 is 9.73 Å². The van der Waals surface area contributed by atoms with Gasteiger partial charge in [-0.25, -0.2) is 0 Å². The number of nitrogens with one attached hydrogen (secondary N) is 1. The summed E-state index contributed by atoms with van der Waals surface area (Å²) in [6, 6.07) is 14.9. The zero-order valence-electron chi connectivity index (χ0n) is 11.4. The lowest BCUT2D eigenvalue weighted by Crippen LogP contribution is -2.13. The van der Waals surface area contributed by atoms with Crippen LogP contribution in [0.4, 0.5) is 5.82 Å². The van der Waals surface area contributed by atoms with E-state index in [1.807, 2.05) is 36.4 Å². The zero-order chi connectivity index (χ0) is 14.7. The fraction of sp³-hybridized carbons (Fsp3) is 0.0625. The average molecular weight is 279 g/mol. The first-order chi connectivity index (χ1) is 10.2. The van der Waals surface area contributed by atoms with Gasteiger partial charge in [-0.3, -0.25) is 4.79 Å². The van der Waals surface area contributed by atoms with E-state index in [1.54, 1.807) is 19.1 Å². The maximum atomic E-state index is 12.0. The number of furan rings is 1. The van der Waals surface area contributed by atoms with Crippen molar-refractivity contribution in [1.82, 2.24) is 10.2 Å². The van der Waals surface area contributed by atoms with Crippen molar-refractivity contribution >= 4 is 11.7 Å². The second-order valence-corrected chi connectivity index (χ2v) is 4.51. The lowest BCUT2D eigenvalue weighted by Gasteiger charge is -2.04. The minimum absolute atomic E-state index is 0.261. The van der Waals surface area contributed by atoms with Crippen molar-refractivity contribution in [3.63, 3.8) is 0 Å². The Hall–Kier alpha value is -2.95. The molecule has 5 nitrogen and oxygen atoms in total. The molecule has 3 rings (SSSR count). The molecule has 3 aromatic rings. The predicted molar refractivity (Wildman–Crippen MR) is 78.9 cm³/mol. The molecular weight excluding hydrogens is 266 g/mol. The van der Waals surface area contributed by atoms with Crippen LogP contribution in [0.25, 0.3) is 11.3 Å². The van der Waals surface area contributed by atoms with Gasteiger partial charge in [0.05, 0.1) is 17.5 Å². The summed E-state index contributed by atoms with van der Waals surface area (Å²) in [5.74, 6) is 0.713. The molecule has 0 aliphatic carbocycles. The summed E-state index contributed by atoms with van der Waals surface area (Å²) in [5.41, 5.74) is 2.23. The van der Waals surface area contributed by atoms with Crippen LogP contribution in [0.3, 0.4) is 0 Å². The van der Waals surface area contributed by atoms with Gasteiger partial charge in [0, 0.05) is 5.56 Å². The summed E-state index contributed by atoms with van der Waals surface area (Å²) in [6.45, 7) is 1.74. The van der Waals surface area contributed by atoms with E-state index in [4.69, 9.17) is 4.42 Å². The Kier molecular flexibility index (Phi) is 3.47. The third kappa shape index (κ3) is 2.81. The summed E-state index contributed by atoms with van der Waals surface area (Å²) in [6.07, 6.45) is 1.48. The lowest BCUT2D eigenvalue weighted by molar-refractivity contribution is 0.102. The van der Waals surface area contributed by atoms with Crippen molar-refractivity contribution in [3.8, 4) is 11.3 Å². The molecule has 2 aromatic heterocycles. The third-order valence-corrected chi connectivity index (χ3v) is 3.08. The van der Waals surface area contributed by atoms with Crippen LogP contribution >= 0.6 is 0 Å². The summed E-state index contributed by atoms with van der Waals surface area (Å²) in [7, 11) is 0. The maximum absolute atomic E-state index is 12.0. The Labute approximate surface area is 121 Å². The predicted octanol–water partition coefficient (Wildman–Crippen LogP) is 3.30. The van der Waals surface area contributed by atoms with Gasteiger partial charge in [0.25, 0.3) is 5.91 Å². The number of benzene rings is 1. The molecule has 1 amide bonds. The molecule has 0 saturated carbocycles. The van der Waals surface area contributed by atoms with Crippen molar-refractivity contribution in [1.29, 1.82) is 0 Å². The van der Waals surface area contributed by atoms with Crippen LogP contribution in [0.1, 0.15) is 16.1 Å². The Morgan fingerprint density at radius 3 is 2.48 bits per heavy atom. The van der Waals surface area contributed by atoms with Crippen molar-refractivity contribution in [2.24, 2.45) is 0 Å². The van der Waals surface area contributed by atoms with Crippen LogP contribution in [0, 0.1) is 6.92 Å². The first-order valence-electron chi connectivity index (χ1n) is 6.48. The molecule has 0 aliphatic heterocycles. The van der Waals surface area contributed by atoms with Gasteiger partial charge in [0.1, 0.15) is 5.76 Å². The molecule has 1 aromatic carbocycles. The van der Waals surface area contributed by atoms with Crippen LogP contribution in [-0.2, 0) is 0 Å². The highest BCUT2D eigenvalue weighted by Crippen LogP contribution is 2.17. The molecule has 2 heterocycles. The van der Waals surface area contributed by atoms with Crippen molar-refractivity contribution in [2.45, 2.75) is 6.92 Å². The van der Waals surface area contributed by atoms with Gasteiger partial charge in [-0.15, -0.1) is 10.2 Å². The number of hydrogen-bond donors (Lipinski definition) is 1. The Bertz CT molecular complexity index is 749. The smallest absolute Gasteiger partial charge is 0.260 e. The second-order valence-electron chi connectivity index (χ2n) is 4.51. The Morgan fingerprint density at radius 2 is 1.86 bits per heavy atom. The van der Waals surface area contributed by atoms with Crippen molar-refractivity contribution in [3.05, 3.63) is 66.1 Å². The number of aryl methyl sites for hydroxylation is 1. The topological polar surface area (TPSA) is 68.0 Å². The molecule has 21 heavy (non-hydrogen) atoms. The highest BCUT2D eigenvalue weighted by molar-refractivity contribution is 6.04. The summed E-state index contributed by atoms with van der Waals surface area (Å²) < 4.78 is 5.10. The zero-order valence-corrected chi connectivity index (χ0v) is 11.4. The summed E-state index contributed by atoms with van der Waals surface area (Å²) in [5, 5.41) is 10.8. The second kappa shape index (κ2) is 5.58. The standard InChI is InChI=1S/C16H13N3O2/c1-11-13(9-10-21-11)16(20)17-15-8-7-14(18-19-15)12-5-3-2-4-6-12/h2-10H,1H3,(H,17,19,20). The van der Waals surface area contributed by atoms with E-state index in [0.29, 0.717) is 17.1 Å². The molecular formula is C16H13N3O2. The number of carbonyl (C=O) groups is 1. The number of hydrogen-bond acceptors (Lipinski definition) is 4. The monoisotopic (exact) mass is 279 g/mol. The Balaban J connectivity index is 1.76. The van der Waals surface area contributed by atoms with Crippen LogP contribution in [0.5, 0.6) is 0 Å². The molecule has 0 atom stereocenters. The summed E-state index contributed by atoms with van der Waals surface area (Å²) in [4.78, 5) is 12.0. The number of aromatic nitrogens is 2. The number of rotatable bonds is 3. The quantitative estimate of drug-likeness (QED) is 0.798. The fourth-order valence-corrected chi connectivity index (χ4v) is 1.97. The number of anilines is 1. The molecule has 104 valence electrons. The van der Waals surface area contributed by atoms with E-state index >= 15 is 0 Å². The number of amides is 1. The van der Waals surface area contributed by atoms with Crippen molar-refractivity contribution < 1.29 is 9.21 Å². The van der Waals surface area contributed by atoms with Gasteiger partial charge in [-0.1, -0.05) is 30.3 Å². The van der Waals surface area contributed by atoms with E-state index < -0.39 is 0 Å². The molecule has 0 unspecified atom stereocenters. The fourth-order valence-electron chi connectivity index (χ4n) is 1.97. The minimum atomic E-state index is -0.261.